The zero-order valence-electron chi connectivity index (χ0n) is 17.8. The van der Waals surface area contributed by atoms with Crippen LogP contribution in [0.5, 0.6) is 5.75 Å². The van der Waals surface area contributed by atoms with Crippen LogP contribution in [-0.2, 0) is 28.9 Å². The molecule has 1 N–H and O–H groups in total. The lowest BCUT2D eigenvalue weighted by Crippen LogP contribution is -2.48. The van der Waals surface area contributed by atoms with Crippen LogP contribution in [0.2, 0.25) is 0 Å². The highest BCUT2D eigenvalue weighted by molar-refractivity contribution is 7.89. The van der Waals surface area contributed by atoms with Crippen LogP contribution < -0.4 is 0 Å². The fraction of sp³-hybridized carbons (Fsp3) is 0.429. The molecule has 1 heterocycles. The summed E-state index contributed by atoms with van der Waals surface area (Å²) < 4.78 is 105. The van der Waals surface area contributed by atoms with E-state index >= 15 is 0 Å². The molecule has 5 nitrogen and oxygen atoms in total. The van der Waals surface area contributed by atoms with E-state index in [1.54, 1.807) is 6.07 Å². The number of benzene rings is 2. The number of hydrogen-bond acceptors (Lipinski definition) is 4. The predicted molar refractivity (Wildman–Crippen MR) is 108 cm³/mol. The number of sulfonamides is 1. The van der Waals surface area contributed by atoms with E-state index in [-0.39, 0.29) is 50.1 Å². The second-order valence-electron chi connectivity index (χ2n) is 7.99. The lowest BCUT2D eigenvalue weighted by Gasteiger charge is -2.34. The van der Waals surface area contributed by atoms with Crippen LogP contribution in [0.4, 0.5) is 26.3 Å². The summed E-state index contributed by atoms with van der Waals surface area (Å²) in [5.41, 5.74) is -0.845. The lowest BCUT2D eigenvalue weighted by molar-refractivity contribution is -0.143. The second-order valence-corrected chi connectivity index (χ2v) is 9.92. The van der Waals surface area contributed by atoms with Gasteiger partial charge < -0.3 is 5.11 Å². The van der Waals surface area contributed by atoms with Crippen molar-refractivity contribution in [3.63, 3.8) is 0 Å². The predicted octanol–water partition coefficient (Wildman–Crippen LogP) is 4.55. The largest absolute Gasteiger partial charge is 0.508 e. The molecule has 0 spiro atoms. The summed E-state index contributed by atoms with van der Waals surface area (Å²) in [7, 11) is -4.59. The first-order valence-electron chi connectivity index (χ1n) is 9.90. The molecule has 0 radical (unpaired) electrons. The number of piperazine rings is 1. The number of alkyl halides is 6. The Kier molecular flexibility index (Phi) is 6.75. The summed E-state index contributed by atoms with van der Waals surface area (Å²) in [5, 5.41) is 10.1. The van der Waals surface area contributed by atoms with Crippen molar-refractivity contribution in [2.75, 3.05) is 26.2 Å². The van der Waals surface area contributed by atoms with Gasteiger partial charge in [0.2, 0.25) is 10.0 Å². The third-order valence-corrected chi connectivity index (χ3v) is 7.50. The minimum Gasteiger partial charge on any atom is -0.508 e. The Hall–Kier alpha value is -2.31. The van der Waals surface area contributed by atoms with E-state index in [0.29, 0.717) is 12.1 Å². The van der Waals surface area contributed by atoms with Crippen molar-refractivity contribution in [2.45, 2.75) is 37.6 Å². The molecular formula is C21H22F6N2O3S. The molecule has 182 valence electrons. The van der Waals surface area contributed by atoms with Gasteiger partial charge >= 0.3 is 12.4 Å². The van der Waals surface area contributed by atoms with Crippen LogP contribution in [0.1, 0.15) is 27.8 Å². The van der Waals surface area contributed by atoms with Gasteiger partial charge in [-0.2, -0.15) is 30.6 Å². The molecule has 33 heavy (non-hydrogen) atoms. The molecule has 0 saturated carbocycles. The number of phenols is 1. The molecule has 1 fully saturated rings. The number of phenolic OH excluding ortho intramolecular Hbond substituents is 1. The standard InChI is InChI=1S/C21H22F6N2O3S/c1-13-7-15(19(30)8-14(13)2)12-28-3-5-29(6-4-28)33(31,32)18-10-16(20(22,23)24)9-17(11-18)21(25,26)27/h7-11,30H,3-6,12H2,1-2H3. The van der Waals surface area contributed by atoms with Gasteiger partial charge in [0.15, 0.2) is 0 Å². The van der Waals surface area contributed by atoms with Crippen LogP contribution in [0, 0.1) is 13.8 Å². The highest BCUT2D eigenvalue weighted by Crippen LogP contribution is 2.38. The Morgan fingerprint density at radius 1 is 0.818 bits per heavy atom. The summed E-state index contributed by atoms with van der Waals surface area (Å²) in [5.74, 6) is 0.0943. The van der Waals surface area contributed by atoms with Crippen LogP contribution in [0.25, 0.3) is 0 Å². The summed E-state index contributed by atoms with van der Waals surface area (Å²) >= 11 is 0. The Balaban J connectivity index is 1.81. The minimum atomic E-state index is -5.14. The fourth-order valence-electron chi connectivity index (χ4n) is 3.58. The van der Waals surface area contributed by atoms with Crippen molar-refractivity contribution in [1.82, 2.24) is 9.21 Å². The molecule has 0 amide bonds. The Morgan fingerprint density at radius 2 is 1.30 bits per heavy atom. The van der Waals surface area contributed by atoms with Gasteiger partial charge in [0.25, 0.3) is 0 Å². The molecule has 1 aliphatic heterocycles. The Bertz CT molecular complexity index is 1110. The molecule has 2 aromatic carbocycles. The van der Waals surface area contributed by atoms with E-state index in [4.69, 9.17) is 0 Å². The Labute approximate surface area is 187 Å². The van der Waals surface area contributed by atoms with Gasteiger partial charge in [-0.3, -0.25) is 4.90 Å². The van der Waals surface area contributed by atoms with Gasteiger partial charge in [-0.15, -0.1) is 0 Å². The van der Waals surface area contributed by atoms with Crippen LogP contribution >= 0.6 is 0 Å². The number of aromatic hydroxyl groups is 1. The highest BCUT2D eigenvalue weighted by atomic mass is 32.2. The molecule has 0 unspecified atom stereocenters. The molecule has 0 bridgehead atoms. The smallest absolute Gasteiger partial charge is 0.416 e. The number of nitrogens with zero attached hydrogens (tertiary/aromatic N) is 2. The minimum absolute atomic E-state index is 0.0943. The van der Waals surface area contributed by atoms with Gasteiger partial charge in [-0.05, 0) is 49.2 Å². The van der Waals surface area contributed by atoms with Gasteiger partial charge in [0.1, 0.15) is 5.75 Å². The molecule has 0 aromatic heterocycles. The zero-order valence-corrected chi connectivity index (χ0v) is 18.6. The summed E-state index contributed by atoms with van der Waals surface area (Å²) in [6.07, 6.45) is -10.3. The second kappa shape index (κ2) is 8.80. The van der Waals surface area contributed by atoms with E-state index in [2.05, 4.69) is 0 Å². The molecule has 1 aliphatic rings. The summed E-state index contributed by atoms with van der Waals surface area (Å²) in [6, 6.07) is 3.79. The fourth-order valence-corrected chi connectivity index (χ4v) is 5.07. The topological polar surface area (TPSA) is 60.9 Å². The van der Waals surface area contributed by atoms with Gasteiger partial charge in [-0.25, -0.2) is 8.42 Å². The number of halogens is 6. The van der Waals surface area contributed by atoms with E-state index < -0.39 is 38.4 Å². The van der Waals surface area contributed by atoms with E-state index in [0.717, 1.165) is 15.4 Å². The zero-order chi connectivity index (χ0) is 24.8. The molecule has 1 saturated heterocycles. The van der Waals surface area contributed by atoms with Crippen molar-refractivity contribution in [3.8, 4) is 5.75 Å². The first kappa shape index (κ1) is 25.3. The van der Waals surface area contributed by atoms with Crippen LogP contribution in [-0.4, -0.2) is 48.9 Å². The maximum Gasteiger partial charge on any atom is 0.416 e. The number of rotatable bonds is 4. The highest BCUT2D eigenvalue weighted by Gasteiger charge is 2.39. The Morgan fingerprint density at radius 3 is 1.79 bits per heavy atom. The van der Waals surface area contributed by atoms with Crippen molar-refractivity contribution in [1.29, 1.82) is 0 Å². The van der Waals surface area contributed by atoms with E-state index in [1.165, 1.54) is 0 Å². The van der Waals surface area contributed by atoms with E-state index in [9.17, 15) is 39.9 Å². The van der Waals surface area contributed by atoms with Crippen molar-refractivity contribution in [2.24, 2.45) is 0 Å². The molecule has 0 atom stereocenters. The number of hydrogen-bond donors (Lipinski definition) is 1. The normalized spacial score (nSPS) is 16.8. The molecule has 2 aromatic rings. The van der Waals surface area contributed by atoms with Gasteiger partial charge in [0.05, 0.1) is 16.0 Å². The van der Waals surface area contributed by atoms with Crippen LogP contribution in [0.15, 0.2) is 35.2 Å². The number of aryl methyl sites for hydroxylation is 2. The average Bonchev–Trinajstić information content (AvgIpc) is 2.71. The summed E-state index contributed by atoms with van der Waals surface area (Å²) in [4.78, 5) is 0.799. The first-order valence-corrected chi connectivity index (χ1v) is 11.3. The third kappa shape index (κ3) is 5.61. The summed E-state index contributed by atoms with van der Waals surface area (Å²) in [6.45, 7) is 4.20. The van der Waals surface area contributed by atoms with Gasteiger partial charge in [-0.1, -0.05) is 6.07 Å². The van der Waals surface area contributed by atoms with E-state index in [1.807, 2.05) is 24.8 Å². The average molecular weight is 496 g/mol. The maximum atomic E-state index is 13.1. The SMILES string of the molecule is Cc1cc(O)c(CN2CCN(S(=O)(=O)c3cc(C(F)(F)F)cc(C(F)(F)F)c3)CC2)cc1C. The lowest BCUT2D eigenvalue weighted by atomic mass is 10.0. The van der Waals surface area contributed by atoms with Crippen molar-refractivity contribution >= 4 is 10.0 Å². The molecule has 0 aliphatic carbocycles. The quantitative estimate of drug-likeness (QED) is 0.631. The maximum absolute atomic E-state index is 13.1. The van der Waals surface area contributed by atoms with Crippen molar-refractivity contribution < 1.29 is 39.9 Å². The third-order valence-electron chi connectivity index (χ3n) is 5.62. The van der Waals surface area contributed by atoms with Gasteiger partial charge in [0, 0.05) is 38.3 Å². The van der Waals surface area contributed by atoms with Crippen LogP contribution in [0.3, 0.4) is 0 Å². The molecule has 12 heteroatoms. The first-order chi connectivity index (χ1) is 15.1. The monoisotopic (exact) mass is 496 g/mol. The van der Waals surface area contributed by atoms with Crippen molar-refractivity contribution in [3.05, 3.63) is 58.1 Å². The molecule has 3 rings (SSSR count). The molecular weight excluding hydrogens is 474 g/mol.